The third kappa shape index (κ3) is 3.77. The Hall–Kier alpha value is -1.18. The third-order valence-electron chi connectivity index (χ3n) is 4.68. The molecule has 0 aliphatic carbocycles. The molecule has 1 aromatic heterocycles. The van der Waals surface area contributed by atoms with E-state index in [2.05, 4.69) is 38.8 Å². The van der Waals surface area contributed by atoms with Crippen LogP contribution in [0.3, 0.4) is 0 Å². The summed E-state index contributed by atoms with van der Waals surface area (Å²) in [5, 5.41) is 0.183. The summed E-state index contributed by atoms with van der Waals surface area (Å²) in [6.45, 7) is 11.7. The largest absolute Gasteiger partial charge is 0.414 e. The van der Waals surface area contributed by atoms with Crippen LogP contribution in [0.25, 0.3) is 0 Å². The smallest absolute Gasteiger partial charge is 0.351 e. The second-order valence-corrected chi connectivity index (χ2v) is 12.2. The first-order valence-corrected chi connectivity index (χ1v) is 10.6. The van der Waals surface area contributed by atoms with Crippen molar-refractivity contribution in [2.24, 2.45) is 0 Å². The molecule has 1 aliphatic heterocycles. The molecular formula is C15H27N3O3Si. The number of ether oxygens (including phenoxy) is 1. The maximum absolute atomic E-state index is 11.8. The Morgan fingerprint density at radius 2 is 2.14 bits per heavy atom. The number of nitrogens with two attached hydrogens (primary N) is 1. The van der Waals surface area contributed by atoms with Gasteiger partial charge in [-0.05, 0) is 37.0 Å². The van der Waals surface area contributed by atoms with Crippen LogP contribution in [0.4, 0.5) is 5.82 Å². The van der Waals surface area contributed by atoms with Gasteiger partial charge >= 0.3 is 5.69 Å². The molecule has 1 aromatic rings. The van der Waals surface area contributed by atoms with Gasteiger partial charge in [-0.2, -0.15) is 4.98 Å². The highest BCUT2D eigenvalue weighted by Crippen LogP contribution is 2.37. The maximum Gasteiger partial charge on any atom is 0.351 e. The van der Waals surface area contributed by atoms with Gasteiger partial charge in [0.25, 0.3) is 0 Å². The Kier molecular flexibility index (Phi) is 4.79. The zero-order valence-electron chi connectivity index (χ0n) is 14.1. The van der Waals surface area contributed by atoms with E-state index >= 15 is 0 Å². The Bertz CT molecular complexity index is 580. The molecule has 1 aliphatic rings. The molecule has 2 N–H and O–H groups in total. The molecule has 2 rings (SSSR count). The number of rotatable bonds is 4. The zero-order chi connectivity index (χ0) is 16.5. The number of hydrogen-bond acceptors (Lipinski definition) is 5. The van der Waals surface area contributed by atoms with Crippen LogP contribution in [0.2, 0.25) is 18.1 Å². The molecule has 0 aromatic carbocycles. The summed E-state index contributed by atoms with van der Waals surface area (Å²) in [6, 6.07) is 1.62. The fourth-order valence-electron chi connectivity index (χ4n) is 2.18. The first-order chi connectivity index (χ1) is 10.1. The molecule has 0 bridgehead atoms. The number of anilines is 1. The van der Waals surface area contributed by atoms with Crippen LogP contribution in [0.5, 0.6) is 0 Å². The molecule has 0 unspecified atom stereocenters. The fraction of sp³-hybridized carbons (Fsp3) is 0.733. The van der Waals surface area contributed by atoms with Gasteiger partial charge in [0.05, 0.1) is 12.7 Å². The topological polar surface area (TPSA) is 79.4 Å². The van der Waals surface area contributed by atoms with E-state index in [0.29, 0.717) is 6.61 Å². The predicted octanol–water partition coefficient (Wildman–Crippen LogP) is 2.52. The maximum atomic E-state index is 11.8. The minimum atomic E-state index is -1.77. The molecule has 1 saturated heterocycles. The number of nitrogens with zero attached hydrogens (tertiary/aromatic N) is 2. The molecule has 6 nitrogen and oxygen atoms in total. The molecular weight excluding hydrogens is 298 g/mol. The highest BCUT2D eigenvalue weighted by atomic mass is 28.4. The highest BCUT2D eigenvalue weighted by Gasteiger charge is 2.38. The van der Waals surface area contributed by atoms with Crippen LogP contribution in [-0.4, -0.2) is 30.6 Å². The number of nitrogen functional groups attached to an aromatic ring is 1. The highest BCUT2D eigenvalue weighted by molar-refractivity contribution is 6.74. The van der Waals surface area contributed by atoms with Gasteiger partial charge in [-0.15, -0.1) is 0 Å². The Labute approximate surface area is 132 Å². The summed E-state index contributed by atoms with van der Waals surface area (Å²) < 4.78 is 13.7. The van der Waals surface area contributed by atoms with E-state index < -0.39 is 8.32 Å². The molecule has 2 heterocycles. The van der Waals surface area contributed by atoms with Crippen LogP contribution >= 0.6 is 0 Å². The average Bonchev–Trinajstić information content (AvgIpc) is 2.83. The van der Waals surface area contributed by atoms with Gasteiger partial charge < -0.3 is 14.9 Å². The normalized spacial score (nSPS) is 23.0. The predicted molar refractivity (Wildman–Crippen MR) is 89.2 cm³/mol. The lowest BCUT2D eigenvalue weighted by Crippen LogP contribution is -2.42. The summed E-state index contributed by atoms with van der Waals surface area (Å²) in [7, 11) is -1.77. The molecule has 1 fully saturated rings. The minimum Gasteiger partial charge on any atom is -0.414 e. The van der Waals surface area contributed by atoms with Crippen molar-refractivity contribution in [2.75, 3.05) is 12.3 Å². The monoisotopic (exact) mass is 325 g/mol. The molecule has 0 amide bonds. The lowest BCUT2D eigenvalue weighted by molar-refractivity contribution is -0.0221. The van der Waals surface area contributed by atoms with E-state index in [-0.39, 0.29) is 28.9 Å². The van der Waals surface area contributed by atoms with E-state index in [1.54, 1.807) is 12.3 Å². The van der Waals surface area contributed by atoms with Crippen molar-refractivity contribution in [1.82, 2.24) is 9.55 Å². The molecule has 0 saturated carbocycles. The summed E-state index contributed by atoms with van der Waals surface area (Å²) >= 11 is 0. The Morgan fingerprint density at radius 1 is 1.45 bits per heavy atom. The van der Waals surface area contributed by atoms with Crippen molar-refractivity contribution in [3.63, 3.8) is 0 Å². The van der Waals surface area contributed by atoms with Gasteiger partial charge in [0, 0.05) is 6.20 Å². The first-order valence-electron chi connectivity index (χ1n) is 7.74. The van der Waals surface area contributed by atoms with E-state index in [0.717, 1.165) is 12.8 Å². The first kappa shape index (κ1) is 17.2. The van der Waals surface area contributed by atoms with E-state index in [9.17, 15) is 4.79 Å². The van der Waals surface area contributed by atoms with Crippen LogP contribution in [0.15, 0.2) is 17.1 Å². The third-order valence-corrected chi connectivity index (χ3v) is 9.18. The van der Waals surface area contributed by atoms with Crippen molar-refractivity contribution in [3.8, 4) is 0 Å². The molecule has 22 heavy (non-hydrogen) atoms. The summed E-state index contributed by atoms with van der Waals surface area (Å²) in [6.07, 6.45) is 3.08. The van der Waals surface area contributed by atoms with Crippen molar-refractivity contribution in [1.29, 1.82) is 0 Å². The summed E-state index contributed by atoms with van der Waals surface area (Å²) in [5.41, 5.74) is 5.14. The SMILES string of the molecule is CC(C)(C)[Si](C)(C)OC[C@@H]1CC[C@H](n2ccc(N)nc2=O)O1. The Morgan fingerprint density at radius 3 is 2.73 bits per heavy atom. The van der Waals surface area contributed by atoms with Crippen LogP contribution in [-0.2, 0) is 9.16 Å². The molecule has 7 heteroatoms. The number of hydrogen-bond donors (Lipinski definition) is 1. The van der Waals surface area contributed by atoms with Gasteiger partial charge in [-0.3, -0.25) is 4.57 Å². The zero-order valence-corrected chi connectivity index (χ0v) is 15.1. The average molecular weight is 325 g/mol. The van der Waals surface area contributed by atoms with Crippen LogP contribution in [0, 0.1) is 0 Å². The lowest BCUT2D eigenvalue weighted by Gasteiger charge is -2.36. The Balaban J connectivity index is 1.95. The van der Waals surface area contributed by atoms with Gasteiger partial charge in [0.2, 0.25) is 0 Å². The van der Waals surface area contributed by atoms with Gasteiger partial charge in [-0.25, -0.2) is 4.79 Å². The standard InChI is InChI=1S/C15H27N3O3Si/c1-15(2,3)22(4,5)20-10-11-6-7-13(21-11)18-9-8-12(16)17-14(18)19/h8-9,11,13H,6-7,10H2,1-5H3,(H2,16,17,19)/t11-,13+/m0/s1. The number of aromatic nitrogens is 2. The molecule has 0 spiro atoms. The quantitative estimate of drug-likeness (QED) is 0.861. The second-order valence-electron chi connectivity index (χ2n) is 7.40. The van der Waals surface area contributed by atoms with E-state index in [1.165, 1.54) is 4.57 Å². The van der Waals surface area contributed by atoms with Crippen LogP contribution in [0.1, 0.15) is 39.8 Å². The molecule has 2 atom stereocenters. The van der Waals surface area contributed by atoms with E-state index in [1.807, 2.05) is 0 Å². The van der Waals surface area contributed by atoms with Crippen molar-refractivity contribution in [2.45, 2.75) is 64.1 Å². The second kappa shape index (κ2) is 6.14. The fourth-order valence-corrected chi connectivity index (χ4v) is 3.21. The van der Waals surface area contributed by atoms with Crippen LogP contribution < -0.4 is 11.4 Å². The van der Waals surface area contributed by atoms with Gasteiger partial charge in [0.15, 0.2) is 8.32 Å². The van der Waals surface area contributed by atoms with Gasteiger partial charge in [-0.1, -0.05) is 20.8 Å². The van der Waals surface area contributed by atoms with Gasteiger partial charge in [0.1, 0.15) is 12.0 Å². The molecule has 124 valence electrons. The molecule has 0 radical (unpaired) electrons. The summed E-state index contributed by atoms with van der Waals surface area (Å²) in [4.78, 5) is 15.6. The van der Waals surface area contributed by atoms with E-state index in [4.69, 9.17) is 14.9 Å². The minimum absolute atomic E-state index is 0.0311. The van der Waals surface area contributed by atoms with Crippen molar-refractivity contribution in [3.05, 3.63) is 22.7 Å². The van der Waals surface area contributed by atoms with Crippen molar-refractivity contribution < 1.29 is 9.16 Å². The lowest BCUT2D eigenvalue weighted by atomic mass is 10.2. The van der Waals surface area contributed by atoms with Crippen molar-refractivity contribution >= 4 is 14.1 Å². The summed E-state index contributed by atoms with van der Waals surface area (Å²) in [5.74, 6) is 0.233.